The first kappa shape index (κ1) is 72.0. The fourth-order valence-electron chi connectivity index (χ4n) is 15.2. The van der Waals surface area contributed by atoms with Crippen LogP contribution < -0.4 is 0 Å². The van der Waals surface area contributed by atoms with E-state index in [1.807, 2.05) is 218 Å². The summed E-state index contributed by atoms with van der Waals surface area (Å²) in [6, 6.07) is 87.9. The lowest BCUT2D eigenvalue weighted by molar-refractivity contribution is -0.141. The van der Waals surface area contributed by atoms with Crippen LogP contribution in [0, 0.1) is 0 Å². The normalized spacial score (nSPS) is 12.3. The fraction of sp³-hybridized carbons (Fsp3) is 0.128. The van der Waals surface area contributed by atoms with Crippen molar-refractivity contribution in [3.8, 4) is 22.7 Å². The number of ketones is 2. The molecule has 0 radical (unpaired) electrons. The van der Waals surface area contributed by atoms with E-state index in [2.05, 4.69) is 87.4 Å². The minimum absolute atomic E-state index is 0.134. The highest BCUT2D eigenvalue weighted by molar-refractivity contribution is 6.19. The van der Waals surface area contributed by atoms with Gasteiger partial charge in [0.1, 0.15) is 0 Å². The molecule has 0 unspecified atom stereocenters. The Morgan fingerprint density at radius 3 is 0.759 bits per heavy atom. The molecule has 0 N–H and O–H groups in total. The van der Waals surface area contributed by atoms with Crippen molar-refractivity contribution in [2.75, 3.05) is 0 Å². The zero-order valence-corrected chi connectivity index (χ0v) is 62.3. The molecule has 0 saturated heterocycles. The summed E-state index contributed by atoms with van der Waals surface area (Å²) in [5.74, 6) is -2.44. The first-order valence-electron chi connectivity index (χ1n) is 37.1. The van der Waals surface area contributed by atoms with E-state index in [0.717, 1.165) is 145 Å². The summed E-state index contributed by atoms with van der Waals surface area (Å²) in [7, 11) is 0. The monoisotopic (exact) mass is 1470 g/mol. The van der Waals surface area contributed by atoms with Crippen LogP contribution in [0.2, 0.25) is 0 Å². The molecule has 0 fully saturated rings. The van der Waals surface area contributed by atoms with Gasteiger partial charge in [-0.2, -0.15) is 0 Å². The van der Waals surface area contributed by atoms with Crippen LogP contribution in [0.4, 0.5) is 0 Å². The molecule has 0 bridgehead atoms. The van der Waals surface area contributed by atoms with Crippen molar-refractivity contribution in [3.05, 3.63) is 311 Å². The van der Waals surface area contributed by atoms with Gasteiger partial charge in [-0.05, 0) is 220 Å². The molecular weight excluding hydrogens is 1400 g/mol. The lowest BCUT2D eigenvalue weighted by Gasteiger charge is -2.12. The summed E-state index contributed by atoms with van der Waals surface area (Å²) >= 11 is 0. The first-order chi connectivity index (χ1) is 54.5. The van der Waals surface area contributed by atoms with Crippen molar-refractivity contribution >= 4 is 146 Å². The summed E-state index contributed by atoms with van der Waals surface area (Å²) < 4.78 is 8.71. The van der Waals surface area contributed by atoms with E-state index in [4.69, 9.17) is 19.4 Å². The van der Waals surface area contributed by atoms with Gasteiger partial charge < -0.3 is 37.6 Å². The highest BCUT2D eigenvalue weighted by Crippen LogP contribution is 2.39. The van der Waals surface area contributed by atoms with Crippen LogP contribution in [0.25, 0.3) is 110 Å². The SMILES string of the molecule is CC(=O)ON=C(C)c1ccc2c(c1)c1cc(C(=O)c3ccc(-n4c5ccccc5c5ccccc54)cc3)ccc1n2-c1ccc(C(CCCCCCC(=NOC(C)=O)c2ccc(-n3c4ccc(C(=O)c5ccc(-n6c7ccccc7c7ccccc76)cc5)cc4c4cc(C(C)=NOC(C)=O)ccc43)cc2)=NOC(C)=O)cc1. The molecule has 0 spiro atoms. The second kappa shape index (κ2) is 30.8. The van der Waals surface area contributed by atoms with Gasteiger partial charge in [-0.25, -0.2) is 19.2 Å². The number of carbonyl (C=O) groups excluding carboxylic acids is 6. The topological polar surface area (TPSA) is 208 Å². The molecule has 4 heterocycles. The minimum Gasteiger partial charge on any atom is -0.318 e. The number of oxime groups is 4. The van der Waals surface area contributed by atoms with Gasteiger partial charge in [0.05, 0.1) is 67.0 Å². The van der Waals surface area contributed by atoms with E-state index in [0.29, 0.717) is 70.8 Å². The van der Waals surface area contributed by atoms with Gasteiger partial charge in [-0.15, -0.1) is 0 Å². The number of hydrogen-bond donors (Lipinski definition) is 0. The molecule has 16 rings (SSSR count). The molecule has 0 saturated carbocycles. The Kier molecular flexibility index (Phi) is 19.8. The standard InChI is InChI=1S/C94H74N8O10/c1-57(95-109-59(3)103)67-37-49-89-79(53-67)81-55-69(93(107)65-33-45-73(46-34-65)99-85-25-15-11-19-75(85)76-20-12-16-26-86(76)99)39-51-91(81)101(89)71-41-29-63(30-42-71)83(97-111-61(5)105)23-9-7-8-10-24-84(98-112-62(6)106)64-31-43-72(44-32-64)102-90-50-38-68(58(2)96-110-60(4)104)54-80(90)82-56-70(40-52-92(82)102)94(108)66-35-47-74(48-36-66)100-87-27-17-13-21-77(87)78-22-14-18-28-88(78)100/h11-22,25-56H,7-10,23-24H2,1-6H3. The second-order valence-corrected chi connectivity index (χ2v) is 27.9. The van der Waals surface area contributed by atoms with E-state index >= 15 is 0 Å². The average Bonchev–Trinajstić information content (AvgIpc) is 1.58. The van der Waals surface area contributed by atoms with Crippen LogP contribution in [0.3, 0.4) is 0 Å². The van der Waals surface area contributed by atoms with Gasteiger partial charge in [0.25, 0.3) is 0 Å². The molecule has 0 atom stereocenters. The van der Waals surface area contributed by atoms with Gasteiger partial charge in [0, 0.05) is 116 Å². The van der Waals surface area contributed by atoms with Crippen molar-refractivity contribution in [2.45, 2.75) is 80.1 Å². The molecule has 0 amide bonds. The number of unbranched alkanes of at least 4 members (excludes halogenated alkanes) is 3. The molecule has 12 aromatic carbocycles. The van der Waals surface area contributed by atoms with Gasteiger partial charge in [0.15, 0.2) is 11.6 Å². The summed E-state index contributed by atoms with van der Waals surface area (Å²) in [5, 5.41) is 24.9. The third-order valence-corrected chi connectivity index (χ3v) is 20.5. The van der Waals surface area contributed by atoms with Crippen LogP contribution in [0.15, 0.2) is 288 Å². The third-order valence-electron chi connectivity index (χ3n) is 20.5. The lowest BCUT2D eigenvalue weighted by atomic mass is 10.00. The van der Waals surface area contributed by atoms with Gasteiger partial charge in [-0.1, -0.05) is 143 Å². The van der Waals surface area contributed by atoms with E-state index in [1.54, 1.807) is 13.8 Å². The Morgan fingerprint density at radius 1 is 0.241 bits per heavy atom. The van der Waals surface area contributed by atoms with Crippen molar-refractivity contribution in [2.24, 2.45) is 20.6 Å². The molecule has 0 aliphatic rings. The summed E-state index contributed by atoms with van der Waals surface area (Å²) in [6.45, 7) is 8.77. The van der Waals surface area contributed by atoms with Crippen LogP contribution in [0.1, 0.15) is 134 Å². The maximum absolute atomic E-state index is 14.6. The summed E-state index contributed by atoms with van der Waals surface area (Å²) in [4.78, 5) is 98.1. The van der Waals surface area contributed by atoms with Crippen molar-refractivity contribution < 1.29 is 48.1 Å². The minimum atomic E-state index is -0.546. The van der Waals surface area contributed by atoms with Gasteiger partial charge >= 0.3 is 23.9 Å². The predicted octanol–water partition coefficient (Wildman–Crippen LogP) is 20.7. The lowest BCUT2D eigenvalue weighted by Crippen LogP contribution is -2.06. The van der Waals surface area contributed by atoms with Crippen LogP contribution in [-0.2, 0) is 38.5 Å². The van der Waals surface area contributed by atoms with E-state index < -0.39 is 23.9 Å². The van der Waals surface area contributed by atoms with Gasteiger partial charge in [-0.3, -0.25) is 9.59 Å². The molecule has 18 nitrogen and oxygen atoms in total. The first-order valence-corrected chi connectivity index (χ1v) is 37.1. The number of carbonyl (C=O) groups is 6. The Hall–Kier alpha value is -14.3. The third kappa shape index (κ3) is 14.1. The quantitative estimate of drug-likeness (QED) is 0.0194. The number of fused-ring (bicyclic) bond motifs is 12. The van der Waals surface area contributed by atoms with E-state index in [9.17, 15) is 28.8 Å². The summed E-state index contributed by atoms with van der Waals surface area (Å²) in [5.41, 5.74) is 18.5. The predicted molar refractivity (Wildman–Crippen MR) is 442 cm³/mol. The maximum atomic E-state index is 14.6. The fourth-order valence-corrected chi connectivity index (χ4v) is 15.2. The van der Waals surface area contributed by atoms with E-state index in [-0.39, 0.29) is 11.6 Å². The Morgan fingerprint density at radius 2 is 0.473 bits per heavy atom. The molecule has 112 heavy (non-hydrogen) atoms. The highest BCUT2D eigenvalue weighted by Gasteiger charge is 2.23. The average molecular weight is 1480 g/mol. The highest BCUT2D eigenvalue weighted by atomic mass is 16.7. The second-order valence-electron chi connectivity index (χ2n) is 27.9. The number of benzene rings is 12. The Labute approximate surface area is 643 Å². The van der Waals surface area contributed by atoms with Crippen molar-refractivity contribution in [3.63, 3.8) is 0 Å². The number of rotatable bonds is 23. The van der Waals surface area contributed by atoms with Crippen molar-refractivity contribution in [1.82, 2.24) is 18.3 Å². The number of nitrogens with zero attached hydrogens (tertiary/aromatic N) is 8. The summed E-state index contributed by atoms with van der Waals surface area (Å²) in [6.07, 6.45) is 3.99. The number of para-hydroxylation sites is 4. The van der Waals surface area contributed by atoms with E-state index in [1.165, 1.54) is 27.7 Å². The molecular formula is C94H74N8O10. The molecule has 550 valence electrons. The molecule has 0 aliphatic heterocycles. The molecule has 0 aliphatic carbocycles. The molecule has 16 aromatic rings. The maximum Gasteiger partial charge on any atom is 0.331 e. The zero-order valence-electron chi connectivity index (χ0n) is 62.3. The van der Waals surface area contributed by atoms with Crippen LogP contribution >= 0.6 is 0 Å². The zero-order chi connectivity index (χ0) is 77.3. The number of hydrogen-bond acceptors (Lipinski definition) is 14. The molecule has 4 aromatic heterocycles. The van der Waals surface area contributed by atoms with Gasteiger partial charge in [0.2, 0.25) is 0 Å². The van der Waals surface area contributed by atoms with Crippen molar-refractivity contribution in [1.29, 1.82) is 0 Å². The number of aromatic nitrogens is 4. The smallest absolute Gasteiger partial charge is 0.318 e. The Balaban J connectivity index is 0.621. The molecule has 18 heteroatoms. The van der Waals surface area contributed by atoms with Crippen LogP contribution in [-0.4, -0.2) is 76.6 Å². The largest absolute Gasteiger partial charge is 0.331 e. The van der Waals surface area contributed by atoms with Crippen LogP contribution in [0.5, 0.6) is 0 Å². The Bertz CT molecular complexity index is 6120.